The van der Waals surface area contributed by atoms with E-state index in [1.807, 2.05) is 10.6 Å². The molecule has 3 aromatic rings. The molecule has 0 aliphatic carbocycles. The van der Waals surface area contributed by atoms with Crippen molar-refractivity contribution in [2.45, 2.75) is 37.8 Å². The van der Waals surface area contributed by atoms with Gasteiger partial charge in [-0.3, -0.25) is 19.3 Å². The fraction of sp³-hybridized carbons (Fsp3) is 0.370. The SMILES string of the molecule is COC(=O)CC(c1ccc(O)c(Cl)c1)c1oc(CN2CC3CC(C2)c2cccc(=O)n2C3)cc(=O)c1O. The molecule has 9 nitrogen and oxygen atoms in total. The zero-order chi connectivity index (χ0) is 26.3. The molecule has 5 rings (SSSR count). The van der Waals surface area contributed by atoms with Crippen LogP contribution in [0.3, 0.4) is 0 Å². The first kappa shape index (κ1) is 25.1. The monoisotopic (exact) mass is 526 g/mol. The van der Waals surface area contributed by atoms with Crippen LogP contribution < -0.4 is 11.0 Å². The van der Waals surface area contributed by atoms with Crippen molar-refractivity contribution in [3.05, 3.63) is 90.8 Å². The molecule has 10 heteroatoms. The van der Waals surface area contributed by atoms with E-state index >= 15 is 0 Å². The van der Waals surface area contributed by atoms with Crippen molar-refractivity contribution in [3.63, 3.8) is 0 Å². The van der Waals surface area contributed by atoms with Crippen molar-refractivity contribution in [3.8, 4) is 11.5 Å². The van der Waals surface area contributed by atoms with Gasteiger partial charge < -0.3 is 23.9 Å². The lowest BCUT2D eigenvalue weighted by Gasteiger charge is -2.42. The van der Waals surface area contributed by atoms with Crippen molar-refractivity contribution in [2.75, 3.05) is 20.2 Å². The lowest BCUT2D eigenvalue weighted by molar-refractivity contribution is -0.140. The number of likely N-dealkylation sites (tertiary alicyclic amines) is 1. The summed E-state index contributed by atoms with van der Waals surface area (Å²) < 4.78 is 12.8. The van der Waals surface area contributed by atoms with Gasteiger partial charge in [0.25, 0.3) is 5.56 Å². The van der Waals surface area contributed by atoms with Crippen molar-refractivity contribution in [1.82, 2.24) is 9.47 Å². The van der Waals surface area contributed by atoms with Crippen LogP contribution in [-0.4, -0.2) is 45.8 Å². The van der Waals surface area contributed by atoms with Crippen molar-refractivity contribution in [1.29, 1.82) is 0 Å². The van der Waals surface area contributed by atoms with Gasteiger partial charge in [0.1, 0.15) is 11.5 Å². The highest BCUT2D eigenvalue weighted by molar-refractivity contribution is 6.32. The van der Waals surface area contributed by atoms with E-state index in [-0.39, 0.29) is 34.4 Å². The first-order valence-corrected chi connectivity index (χ1v) is 12.4. The van der Waals surface area contributed by atoms with Gasteiger partial charge in [0, 0.05) is 43.4 Å². The van der Waals surface area contributed by atoms with Gasteiger partial charge in [-0.15, -0.1) is 0 Å². The normalized spacial score (nSPS) is 19.7. The Bertz CT molecular complexity index is 1460. The zero-order valence-electron chi connectivity index (χ0n) is 20.2. The summed E-state index contributed by atoms with van der Waals surface area (Å²) in [6.45, 7) is 2.40. The van der Waals surface area contributed by atoms with Crippen LogP contribution in [0.4, 0.5) is 0 Å². The topological polar surface area (TPSA) is 122 Å². The molecule has 2 aromatic heterocycles. The van der Waals surface area contributed by atoms with Gasteiger partial charge in [-0.05, 0) is 36.1 Å². The Morgan fingerprint density at radius 3 is 2.73 bits per heavy atom. The molecule has 3 unspecified atom stereocenters. The molecule has 0 spiro atoms. The lowest BCUT2D eigenvalue weighted by Crippen LogP contribution is -2.46. The number of carbonyl (C=O) groups is 1. The Hall–Kier alpha value is -3.56. The summed E-state index contributed by atoms with van der Waals surface area (Å²) in [4.78, 5) is 39.5. The Labute approximate surface area is 217 Å². The van der Waals surface area contributed by atoms with E-state index in [0.29, 0.717) is 36.9 Å². The van der Waals surface area contributed by atoms with Crippen LogP contribution in [0.15, 0.2) is 56.5 Å². The molecule has 4 heterocycles. The number of phenolic OH excluding ortho intramolecular Hbond substituents is 1. The van der Waals surface area contributed by atoms with Gasteiger partial charge in [0.15, 0.2) is 5.76 Å². The first-order chi connectivity index (χ1) is 17.7. The second-order valence-corrected chi connectivity index (χ2v) is 10.1. The minimum Gasteiger partial charge on any atom is -0.506 e. The number of piperidine rings is 1. The Morgan fingerprint density at radius 1 is 1.16 bits per heavy atom. The van der Waals surface area contributed by atoms with Crippen molar-refractivity contribution < 1.29 is 24.2 Å². The van der Waals surface area contributed by atoms with Crippen LogP contribution in [0.5, 0.6) is 11.5 Å². The number of ether oxygens (including phenoxy) is 1. The molecule has 0 radical (unpaired) electrons. The highest BCUT2D eigenvalue weighted by Crippen LogP contribution is 2.38. The van der Waals surface area contributed by atoms with Crippen LogP contribution in [0.2, 0.25) is 5.02 Å². The van der Waals surface area contributed by atoms with Crippen molar-refractivity contribution in [2.24, 2.45) is 5.92 Å². The van der Waals surface area contributed by atoms with Crippen LogP contribution in [-0.2, 0) is 22.6 Å². The molecule has 37 heavy (non-hydrogen) atoms. The third-order valence-corrected chi connectivity index (χ3v) is 7.53. The molecular weight excluding hydrogens is 500 g/mol. The minimum atomic E-state index is -0.863. The van der Waals surface area contributed by atoms with Gasteiger partial charge in [-0.1, -0.05) is 23.7 Å². The molecule has 2 aliphatic heterocycles. The zero-order valence-corrected chi connectivity index (χ0v) is 21.0. The molecule has 0 saturated carbocycles. The Balaban J connectivity index is 1.46. The number of esters is 1. The number of aromatic nitrogens is 1. The molecular formula is C27H27ClN2O7. The summed E-state index contributed by atoms with van der Waals surface area (Å²) in [6, 6.07) is 11.0. The predicted molar refractivity (Wildman–Crippen MR) is 135 cm³/mol. The fourth-order valence-electron chi connectivity index (χ4n) is 5.57. The average Bonchev–Trinajstić information content (AvgIpc) is 2.87. The van der Waals surface area contributed by atoms with Crippen LogP contribution >= 0.6 is 11.6 Å². The quantitative estimate of drug-likeness (QED) is 0.470. The molecule has 194 valence electrons. The van der Waals surface area contributed by atoms with Gasteiger partial charge in [0.2, 0.25) is 11.2 Å². The number of rotatable bonds is 6. The first-order valence-electron chi connectivity index (χ1n) is 12.1. The molecule has 1 fully saturated rings. The number of aromatic hydroxyl groups is 2. The number of halogens is 1. The summed E-state index contributed by atoms with van der Waals surface area (Å²) in [7, 11) is 1.25. The number of pyridine rings is 1. The van der Waals surface area contributed by atoms with Gasteiger partial charge in [-0.25, -0.2) is 0 Å². The second kappa shape index (κ2) is 10.1. The summed E-state index contributed by atoms with van der Waals surface area (Å²) in [6.07, 6.45) is 0.782. The highest BCUT2D eigenvalue weighted by atomic mass is 35.5. The lowest BCUT2D eigenvalue weighted by atomic mass is 9.83. The summed E-state index contributed by atoms with van der Waals surface area (Å²) >= 11 is 6.09. The molecule has 0 amide bonds. The fourth-order valence-corrected chi connectivity index (χ4v) is 5.76. The van der Waals surface area contributed by atoms with Gasteiger partial charge >= 0.3 is 5.97 Å². The van der Waals surface area contributed by atoms with E-state index in [0.717, 1.165) is 18.7 Å². The summed E-state index contributed by atoms with van der Waals surface area (Å²) in [5, 5.41) is 20.5. The Kier molecular flexibility index (Phi) is 6.83. The summed E-state index contributed by atoms with van der Waals surface area (Å²) in [5.74, 6) is -1.40. The number of hydrogen-bond acceptors (Lipinski definition) is 8. The second-order valence-electron chi connectivity index (χ2n) is 9.73. The molecule has 3 atom stereocenters. The van der Waals surface area contributed by atoms with Crippen LogP contribution in [0.1, 0.15) is 47.5 Å². The third-order valence-electron chi connectivity index (χ3n) is 7.22. The number of phenols is 1. The maximum absolute atomic E-state index is 12.8. The molecule has 1 saturated heterocycles. The number of hydrogen-bond donors (Lipinski definition) is 2. The van der Waals surface area contributed by atoms with Gasteiger partial charge in [0.05, 0.1) is 31.0 Å². The van der Waals surface area contributed by atoms with Crippen LogP contribution in [0.25, 0.3) is 0 Å². The standard InChI is InChI=1S/C27H27ClN2O7/c1-36-25(34)10-19(16-5-6-22(31)20(28)8-16)27-26(35)23(32)9-18(37-27)14-29-11-15-7-17(13-29)21-3-2-4-24(33)30(21)12-15/h2-6,8-9,15,17,19,31,35H,7,10-14H2,1H3. The number of methoxy groups -OCH3 is 1. The molecule has 2 N–H and O–H groups in total. The Morgan fingerprint density at radius 2 is 1.97 bits per heavy atom. The number of nitrogens with zero attached hydrogens (tertiary/aromatic N) is 2. The largest absolute Gasteiger partial charge is 0.506 e. The summed E-state index contributed by atoms with van der Waals surface area (Å²) in [5.41, 5.74) is 0.882. The maximum Gasteiger partial charge on any atom is 0.306 e. The number of benzene rings is 1. The minimum absolute atomic E-state index is 0.0146. The molecule has 1 aromatic carbocycles. The highest BCUT2D eigenvalue weighted by Gasteiger charge is 2.35. The maximum atomic E-state index is 12.8. The smallest absolute Gasteiger partial charge is 0.306 e. The average molecular weight is 527 g/mol. The van der Waals surface area contributed by atoms with E-state index in [1.54, 1.807) is 18.2 Å². The van der Waals surface area contributed by atoms with E-state index in [1.165, 1.54) is 25.3 Å². The van der Waals surface area contributed by atoms with E-state index in [4.69, 9.17) is 20.8 Å². The van der Waals surface area contributed by atoms with E-state index in [2.05, 4.69) is 4.90 Å². The van der Waals surface area contributed by atoms with Gasteiger partial charge in [-0.2, -0.15) is 0 Å². The van der Waals surface area contributed by atoms with Crippen LogP contribution in [0, 0.1) is 5.92 Å². The molecule has 2 aliphatic rings. The van der Waals surface area contributed by atoms with E-state index < -0.39 is 23.1 Å². The van der Waals surface area contributed by atoms with Crippen molar-refractivity contribution >= 4 is 17.6 Å². The predicted octanol–water partition coefficient (Wildman–Crippen LogP) is 3.18. The molecule has 2 bridgehead atoms. The number of carbonyl (C=O) groups excluding carboxylic acids is 1. The third kappa shape index (κ3) is 5.01. The number of fused-ring (bicyclic) bond motifs is 4. The van der Waals surface area contributed by atoms with E-state index in [9.17, 15) is 24.6 Å².